The van der Waals surface area contributed by atoms with Gasteiger partial charge in [0.1, 0.15) is 0 Å². The molecule has 0 spiro atoms. The molecular formula is C16H22N4O. The molecule has 0 amide bonds. The third kappa shape index (κ3) is 3.61. The summed E-state index contributed by atoms with van der Waals surface area (Å²) in [6.07, 6.45) is 2.81. The third-order valence-corrected chi connectivity index (χ3v) is 3.90. The topological polar surface area (TPSA) is 54.2 Å². The Morgan fingerprint density at radius 1 is 1.33 bits per heavy atom. The number of nitrogens with one attached hydrogen (secondary N) is 1. The number of hydrogen-bond donors (Lipinski definition) is 1. The van der Waals surface area contributed by atoms with Gasteiger partial charge >= 0.3 is 0 Å². The molecule has 1 aliphatic rings. The van der Waals surface area contributed by atoms with Gasteiger partial charge in [-0.1, -0.05) is 30.3 Å². The van der Waals surface area contributed by atoms with Crippen LogP contribution in [0.3, 0.4) is 0 Å². The minimum Gasteiger partial charge on any atom is -0.370 e. The zero-order valence-electron chi connectivity index (χ0n) is 12.5. The number of anilines is 1. The van der Waals surface area contributed by atoms with Gasteiger partial charge in [-0.25, -0.2) is 0 Å². The Kier molecular flexibility index (Phi) is 4.50. The second-order valence-corrected chi connectivity index (χ2v) is 5.43. The van der Waals surface area contributed by atoms with Crippen molar-refractivity contribution in [2.75, 3.05) is 24.5 Å². The van der Waals surface area contributed by atoms with Crippen LogP contribution >= 0.6 is 0 Å². The van der Waals surface area contributed by atoms with Crippen LogP contribution in [0.5, 0.6) is 0 Å². The normalized spacial score (nSPS) is 18.3. The zero-order valence-corrected chi connectivity index (χ0v) is 12.5. The maximum atomic E-state index is 5.11. The standard InChI is InChI=1S/C16H22N4O/c1-2-16-18-15(19-21-16)8-10-17-13-9-11-20(12-13)14-6-4-3-5-7-14/h3-7,13,17H,2,8-12H2,1H3/t13-/m1/s1. The number of aromatic nitrogens is 2. The van der Waals surface area contributed by atoms with Gasteiger partial charge in [0.05, 0.1) is 0 Å². The molecule has 1 saturated heterocycles. The Hall–Kier alpha value is -1.88. The Morgan fingerprint density at radius 2 is 2.19 bits per heavy atom. The van der Waals surface area contributed by atoms with Gasteiger partial charge < -0.3 is 14.7 Å². The molecule has 0 aliphatic carbocycles. The summed E-state index contributed by atoms with van der Waals surface area (Å²) in [5.74, 6) is 1.53. The molecule has 1 fully saturated rings. The van der Waals surface area contributed by atoms with Gasteiger partial charge in [-0.15, -0.1) is 0 Å². The highest BCUT2D eigenvalue weighted by atomic mass is 16.5. The van der Waals surface area contributed by atoms with Gasteiger partial charge in [0.15, 0.2) is 5.82 Å². The first-order valence-corrected chi connectivity index (χ1v) is 7.70. The van der Waals surface area contributed by atoms with Gasteiger partial charge in [0, 0.05) is 44.2 Å². The fourth-order valence-electron chi connectivity index (χ4n) is 2.72. The monoisotopic (exact) mass is 286 g/mol. The van der Waals surface area contributed by atoms with Gasteiger partial charge in [-0.2, -0.15) is 4.98 Å². The SMILES string of the molecule is CCc1nc(CCN[C@@H]2CCN(c3ccccc3)C2)no1. The van der Waals surface area contributed by atoms with Crippen LogP contribution in [0.1, 0.15) is 25.1 Å². The quantitative estimate of drug-likeness (QED) is 0.880. The van der Waals surface area contributed by atoms with Crippen LogP contribution in [-0.4, -0.2) is 35.8 Å². The highest BCUT2D eigenvalue weighted by molar-refractivity contribution is 5.47. The Morgan fingerprint density at radius 3 is 2.95 bits per heavy atom. The van der Waals surface area contributed by atoms with E-state index in [0.29, 0.717) is 6.04 Å². The molecule has 1 aliphatic heterocycles. The van der Waals surface area contributed by atoms with Gasteiger partial charge in [0.2, 0.25) is 5.89 Å². The van der Waals surface area contributed by atoms with Crippen LogP contribution in [0, 0.1) is 0 Å². The summed E-state index contributed by atoms with van der Waals surface area (Å²) in [5, 5.41) is 7.57. The molecule has 112 valence electrons. The molecule has 1 aromatic heterocycles. The first-order chi connectivity index (χ1) is 10.3. The molecule has 0 radical (unpaired) electrons. The summed E-state index contributed by atoms with van der Waals surface area (Å²) >= 11 is 0. The second-order valence-electron chi connectivity index (χ2n) is 5.43. The van der Waals surface area contributed by atoms with Crippen LogP contribution < -0.4 is 10.2 Å². The summed E-state index contributed by atoms with van der Waals surface area (Å²) in [4.78, 5) is 6.76. The van der Waals surface area contributed by atoms with E-state index in [2.05, 4.69) is 50.7 Å². The minimum atomic E-state index is 0.544. The average molecular weight is 286 g/mol. The van der Waals surface area contributed by atoms with Gasteiger partial charge in [0.25, 0.3) is 0 Å². The van der Waals surface area contributed by atoms with Crippen molar-refractivity contribution in [1.82, 2.24) is 15.5 Å². The molecule has 1 aromatic carbocycles. The molecule has 21 heavy (non-hydrogen) atoms. The smallest absolute Gasteiger partial charge is 0.226 e. The van der Waals surface area contributed by atoms with Crippen LogP contribution in [-0.2, 0) is 12.8 Å². The first-order valence-electron chi connectivity index (χ1n) is 7.70. The molecule has 0 bridgehead atoms. The fourth-order valence-corrected chi connectivity index (χ4v) is 2.72. The van der Waals surface area contributed by atoms with Crippen molar-refractivity contribution in [1.29, 1.82) is 0 Å². The van der Waals surface area contributed by atoms with Crippen LogP contribution in [0.15, 0.2) is 34.9 Å². The Bertz CT molecular complexity index is 554. The number of benzene rings is 1. The zero-order chi connectivity index (χ0) is 14.5. The summed E-state index contributed by atoms with van der Waals surface area (Å²) in [5.41, 5.74) is 1.31. The van der Waals surface area contributed by atoms with Crippen LogP contribution in [0.2, 0.25) is 0 Å². The van der Waals surface area contributed by atoms with Crippen molar-refractivity contribution in [2.45, 2.75) is 32.2 Å². The Balaban J connectivity index is 1.43. The predicted octanol–water partition coefficient (Wildman–Crippen LogP) is 2.04. The molecule has 1 atom stereocenters. The van der Waals surface area contributed by atoms with Crippen LogP contribution in [0.25, 0.3) is 0 Å². The van der Waals surface area contributed by atoms with Crippen LogP contribution in [0.4, 0.5) is 5.69 Å². The van der Waals surface area contributed by atoms with E-state index >= 15 is 0 Å². The molecule has 0 unspecified atom stereocenters. The highest BCUT2D eigenvalue weighted by Gasteiger charge is 2.21. The molecule has 5 nitrogen and oxygen atoms in total. The number of aryl methyl sites for hydroxylation is 1. The highest BCUT2D eigenvalue weighted by Crippen LogP contribution is 2.19. The summed E-state index contributed by atoms with van der Waals surface area (Å²) < 4.78 is 5.11. The summed E-state index contributed by atoms with van der Waals surface area (Å²) in [6.45, 7) is 5.10. The molecule has 0 saturated carbocycles. The predicted molar refractivity (Wildman–Crippen MR) is 82.4 cm³/mol. The first kappa shape index (κ1) is 14.1. The van der Waals surface area contributed by atoms with E-state index in [9.17, 15) is 0 Å². The van der Waals surface area contributed by atoms with Crippen molar-refractivity contribution in [3.05, 3.63) is 42.0 Å². The lowest BCUT2D eigenvalue weighted by Gasteiger charge is -2.18. The summed E-state index contributed by atoms with van der Waals surface area (Å²) in [6, 6.07) is 11.1. The third-order valence-electron chi connectivity index (χ3n) is 3.90. The largest absolute Gasteiger partial charge is 0.370 e. The fraction of sp³-hybridized carbons (Fsp3) is 0.500. The van der Waals surface area contributed by atoms with Crippen molar-refractivity contribution in [3.63, 3.8) is 0 Å². The second kappa shape index (κ2) is 6.72. The van der Waals surface area contributed by atoms with Crippen molar-refractivity contribution < 1.29 is 4.52 Å². The molecule has 5 heteroatoms. The molecule has 2 heterocycles. The number of rotatable bonds is 6. The van der Waals surface area contributed by atoms with E-state index in [1.807, 2.05) is 6.92 Å². The lowest BCUT2D eigenvalue weighted by atomic mass is 10.2. The molecule has 3 rings (SSSR count). The lowest BCUT2D eigenvalue weighted by Crippen LogP contribution is -2.34. The molecular weight excluding hydrogens is 264 g/mol. The average Bonchev–Trinajstić information content (AvgIpc) is 3.17. The maximum Gasteiger partial charge on any atom is 0.226 e. The van der Waals surface area contributed by atoms with E-state index in [-0.39, 0.29) is 0 Å². The van der Waals surface area contributed by atoms with Gasteiger partial charge in [-0.05, 0) is 18.6 Å². The van der Waals surface area contributed by atoms with E-state index < -0.39 is 0 Å². The minimum absolute atomic E-state index is 0.544. The summed E-state index contributed by atoms with van der Waals surface area (Å²) in [7, 11) is 0. The van der Waals surface area contributed by atoms with E-state index in [1.54, 1.807) is 0 Å². The number of para-hydroxylation sites is 1. The van der Waals surface area contributed by atoms with E-state index in [1.165, 1.54) is 12.1 Å². The number of nitrogens with zero attached hydrogens (tertiary/aromatic N) is 3. The van der Waals surface area contributed by atoms with E-state index in [0.717, 1.165) is 44.2 Å². The van der Waals surface area contributed by atoms with Crippen molar-refractivity contribution in [3.8, 4) is 0 Å². The molecule has 2 aromatic rings. The van der Waals surface area contributed by atoms with Gasteiger partial charge in [-0.3, -0.25) is 0 Å². The maximum absolute atomic E-state index is 5.11. The Labute approximate surface area is 125 Å². The lowest BCUT2D eigenvalue weighted by molar-refractivity contribution is 0.376. The number of hydrogen-bond acceptors (Lipinski definition) is 5. The van der Waals surface area contributed by atoms with E-state index in [4.69, 9.17) is 4.52 Å². The van der Waals surface area contributed by atoms with Crippen molar-refractivity contribution >= 4 is 5.69 Å². The molecule has 1 N–H and O–H groups in total. The van der Waals surface area contributed by atoms with Crippen molar-refractivity contribution in [2.24, 2.45) is 0 Å².